The molecule has 0 heterocycles. The van der Waals surface area contributed by atoms with E-state index in [-0.39, 0.29) is 18.5 Å². The first-order valence-corrected chi connectivity index (χ1v) is 5.27. The fraction of sp³-hybridized carbons (Fsp3) is 0.385. The summed E-state index contributed by atoms with van der Waals surface area (Å²) in [5.41, 5.74) is 6.60. The number of hydrogen-bond acceptors (Lipinski definition) is 2. The molecule has 1 unspecified atom stereocenters. The van der Waals surface area contributed by atoms with Crippen LogP contribution >= 0.6 is 0 Å². The van der Waals surface area contributed by atoms with Crippen LogP contribution in [0.15, 0.2) is 18.2 Å². The highest BCUT2D eigenvalue weighted by molar-refractivity contribution is 5.35. The van der Waals surface area contributed by atoms with Crippen LogP contribution in [0.25, 0.3) is 0 Å². The molecule has 0 saturated carbocycles. The first kappa shape index (κ1) is 12.5. The Balaban J connectivity index is 2.85. The lowest BCUT2D eigenvalue weighted by atomic mass is 10.0. The zero-order valence-corrected chi connectivity index (χ0v) is 9.37. The summed E-state index contributed by atoms with van der Waals surface area (Å²) < 4.78 is 18.4. The van der Waals surface area contributed by atoms with E-state index in [1.807, 2.05) is 6.92 Å². The Bertz CT molecular complexity index is 384. The summed E-state index contributed by atoms with van der Waals surface area (Å²) in [4.78, 5) is 0. The number of terminal acetylenes is 1. The van der Waals surface area contributed by atoms with Crippen LogP contribution in [0.1, 0.15) is 18.9 Å². The third kappa shape index (κ3) is 3.56. The van der Waals surface area contributed by atoms with Crippen LogP contribution < -0.4 is 10.5 Å². The Morgan fingerprint density at radius 3 is 2.94 bits per heavy atom. The van der Waals surface area contributed by atoms with Gasteiger partial charge in [0.1, 0.15) is 18.2 Å². The molecule has 0 aliphatic carbocycles. The van der Waals surface area contributed by atoms with Gasteiger partial charge in [-0.05, 0) is 36.6 Å². The molecule has 0 fully saturated rings. The Hall–Kier alpha value is -1.53. The maximum Gasteiger partial charge on any atom is 0.148 e. The van der Waals surface area contributed by atoms with Crippen molar-refractivity contribution in [1.82, 2.24) is 0 Å². The van der Waals surface area contributed by atoms with E-state index in [4.69, 9.17) is 16.9 Å². The predicted octanol–water partition coefficient (Wildman–Crippen LogP) is 2.12. The molecule has 86 valence electrons. The molecule has 2 N–H and O–H groups in total. The lowest BCUT2D eigenvalue weighted by molar-refractivity contribution is 0.363. The van der Waals surface area contributed by atoms with Crippen molar-refractivity contribution in [2.75, 3.05) is 6.61 Å². The minimum absolute atomic E-state index is 0.00925. The van der Waals surface area contributed by atoms with Crippen LogP contribution in [0.2, 0.25) is 0 Å². The Kier molecular flexibility index (Phi) is 4.81. The van der Waals surface area contributed by atoms with Gasteiger partial charge in [0.2, 0.25) is 0 Å². The van der Waals surface area contributed by atoms with Gasteiger partial charge in [-0.15, -0.1) is 6.42 Å². The summed E-state index contributed by atoms with van der Waals surface area (Å²) in [6.45, 7) is 2.17. The van der Waals surface area contributed by atoms with Crippen LogP contribution in [-0.2, 0) is 6.42 Å². The maximum absolute atomic E-state index is 13.1. The monoisotopic (exact) mass is 221 g/mol. The van der Waals surface area contributed by atoms with E-state index in [0.717, 1.165) is 12.0 Å². The fourth-order valence-electron chi connectivity index (χ4n) is 1.39. The quantitative estimate of drug-likeness (QED) is 0.773. The van der Waals surface area contributed by atoms with Gasteiger partial charge in [0.15, 0.2) is 0 Å². The van der Waals surface area contributed by atoms with E-state index in [1.54, 1.807) is 6.07 Å². The van der Waals surface area contributed by atoms with E-state index in [9.17, 15) is 4.39 Å². The largest absolute Gasteiger partial charge is 0.481 e. The molecule has 0 radical (unpaired) electrons. The molecule has 0 amide bonds. The van der Waals surface area contributed by atoms with Crippen LogP contribution in [0.3, 0.4) is 0 Å². The fourth-order valence-corrected chi connectivity index (χ4v) is 1.39. The molecular formula is C13H16FNO. The summed E-state index contributed by atoms with van der Waals surface area (Å²) in [5.74, 6) is 2.71. The van der Waals surface area contributed by atoms with Gasteiger partial charge in [-0.2, -0.15) is 0 Å². The number of nitrogens with two attached hydrogens (primary N) is 1. The molecule has 1 atom stereocenters. The van der Waals surface area contributed by atoms with Gasteiger partial charge < -0.3 is 10.5 Å². The summed E-state index contributed by atoms with van der Waals surface area (Å²) in [6.07, 6.45) is 6.54. The summed E-state index contributed by atoms with van der Waals surface area (Å²) >= 11 is 0. The highest BCUT2D eigenvalue weighted by atomic mass is 19.1. The topological polar surface area (TPSA) is 35.2 Å². The molecule has 2 nitrogen and oxygen atoms in total. The number of benzene rings is 1. The highest BCUT2D eigenvalue weighted by Crippen LogP contribution is 2.21. The molecule has 3 heteroatoms. The second-order valence-electron chi connectivity index (χ2n) is 3.62. The lowest BCUT2D eigenvalue weighted by Gasteiger charge is -2.13. The van der Waals surface area contributed by atoms with Crippen molar-refractivity contribution in [3.63, 3.8) is 0 Å². The first-order valence-electron chi connectivity index (χ1n) is 5.27. The zero-order valence-electron chi connectivity index (χ0n) is 9.37. The second-order valence-corrected chi connectivity index (χ2v) is 3.62. The van der Waals surface area contributed by atoms with Crippen molar-refractivity contribution in [2.24, 2.45) is 5.73 Å². The molecule has 0 aromatic heterocycles. The zero-order chi connectivity index (χ0) is 12.0. The molecule has 1 aromatic carbocycles. The molecule has 16 heavy (non-hydrogen) atoms. The van der Waals surface area contributed by atoms with Gasteiger partial charge in [-0.1, -0.05) is 12.8 Å². The van der Waals surface area contributed by atoms with Crippen molar-refractivity contribution in [3.05, 3.63) is 29.6 Å². The van der Waals surface area contributed by atoms with Gasteiger partial charge in [-0.25, -0.2) is 4.39 Å². The third-order valence-corrected chi connectivity index (χ3v) is 2.34. The van der Waals surface area contributed by atoms with Crippen molar-refractivity contribution in [1.29, 1.82) is 0 Å². The number of ether oxygens (including phenoxy) is 1. The van der Waals surface area contributed by atoms with Crippen LogP contribution in [0, 0.1) is 18.2 Å². The van der Waals surface area contributed by atoms with E-state index in [2.05, 4.69) is 5.92 Å². The number of halogens is 1. The van der Waals surface area contributed by atoms with Crippen molar-refractivity contribution in [3.8, 4) is 18.1 Å². The molecule has 0 aliphatic rings. The molecule has 0 saturated heterocycles. The SMILES string of the molecule is C#CCOc1ccc(F)cc1CC(N)CC. The molecule has 0 aliphatic heterocycles. The summed E-state index contributed by atoms with van der Waals surface area (Å²) in [7, 11) is 0. The lowest BCUT2D eigenvalue weighted by Crippen LogP contribution is -2.21. The van der Waals surface area contributed by atoms with E-state index in [1.165, 1.54) is 12.1 Å². The minimum Gasteiger partial charge on any atom is -0.481 e. The Morgan fingerprint density at radius 2 is 2.31 bits per heavy atom. The van der Waals surface area contributed by atoms with Crippen molar-refractivity contribution in [2.45, 2.75) is 25.8 Å². The normalized spacial score (nSPS) is 11.9. The summed E-state index contributed by atoms with van der Waals surface area (Å²) in [5, 5.41) is 0. The van der Waals surface area contributed by atoms with Crippen LogP contribution in [-0.4, -0.2) is 12.6 Å². The smallest absolute Gasteiger partial charge is 0.148 e. The molecular weight excluding hydrogens is 205 g/mol. The first-order chi connectivity index (χ1) is 7.67. The number of rotatable bonds is 5. The Morgan fingerprint density at radius 1 is 1.56 bits per heavy atom. The van der Waals surface area contributed by atoms with Gasteiger partial charge in [0.05, 0.1) is 0 Å². The van der Waals surface area contributed by atoms with E-state index < -0.39 is 0 Å². The average Bonchev–Trinajstić information content (AvgIpc) is 2.28. The van der Waals surface area contributed by atoms with E-state index >= 15 is 0 Å². The summed E-state index contributed by atoms with van der Waals surface area (Å²) in [6, 6.07) is 4.40. The van der Waals surface area contributed by atoms with Gasteiger partial charge in [-0.3, -0.25) is 0 Å². The second kappa shape index (κ2) is 6.14. The number of hydrogen-bond donors (Lipinski definition) is 1. The maximum atomic E-state index is 13.1. The highest BCUT2D eigenvalue weighted by Gasteiger charge is 2.09. The molecule has 0 spiro atoms. The van der Waals surface area contributed by atoms with Crippen molar-refractivity contribution >= 4 is 0 Å². The van der Waals surface area contributed by atoms with Crippen molar-refractivity contribution < 1.29 is 9.13 Å². The minimum atomic E-state index is -0.286. The predicted molar refractivity (Wildman–Crippen MR) is 62.7 cm³/mol. The average molecular weight is 221 g/mol. The van der Waals surface area contributed by atoms with Crippen LogP contribution in [0.4, 0.5) is 4.39 Å². The Labute approximate surface area is 95.6 Å². The van der Waals surface area contributed by atoms with Crippen LogP contribution in [0.5, 0.6) is 5.75 Å². The van der Waals surface area contributed by atoms with Gasteiger partial charge in [0, 0.05) is 6.04 Å². The molecule has 1 rings (SSSR count). The third-order valence-electron chi connectivity index (χ3n) is 2.34. The van der Waals surface area contributed by atoms with E-state index in [0.29, 0.717) is 12.2 Å². The molecule has 0 bridgehead atoms. The van der Waals surface area contributed by atoms with Gasteiger partial charge >= 0.3 is 0 Å². The molecule has 1 aromatic rings. The standard InChI is InChI=1S/C13H16FNO/c1-3-7-16-13-6-5-11(14)8-10(13)9-12(15)4-2/h1,5-6,8,12H,4,7,9,15H2,2H3. The van der Waals surface area contributed by atoms with Gasteiger partial charge in [0.25, 0.3) is 0 Å².